The van der Waals surface area contributed by atoms with Gasteiger partial charge in [0.1, 0.15) is 17.1 Å². The van der Waals surface area contributed by atoms with Crippen molar-refractivity contribution in [3.63, 3.8) is 0 Å². The van der Waals surface area contributed by atoms with Crippen LogP contribution in [0.1, 0.15) is 67.3 Å². The second kappa shape index (κ2) is 10.4. The van der Waals surface area contributed by atoms with E-state index in [1.165, 1.54) is 0 Å². The van der Waals surface area contributed by atoms with E-state index in [4.69, 9.17) is 0 Å². The molecule has 0 saturated carbocycles. The number of aromatic nitrogens is 2. The van der Waals surface area contributed by atoms with E-state index in [1.807, 2.05) is 19.1 Å². The Kier molecular flexibility index (Phi) is 7.32. The first-order valence-electron chi connectivity index (χ1n) is 12.3. The van der Waals surface area contributed by atoms with Crippen LogP contribution in [0, 0.1) is 6.92 Å². The first-order valence-corrected chi connectivity index (χ1v) is 12.3. The van der Waals surface area contributed by atoms with Crippen molar-refractivity contribution in [1.29, 1.82) is 0 Å². The van der Waals surface area contributed by atoms with Gasteiger partial charge in [-0.1, -0.05) is 12.1 Å². The minimum atomic E-state index is -0.937. The monoisotopic (exact) mass is 492 g/mol. The topological polar surface area (TPSA) is 125 Å². The Labute approximate surface area is 210 Å². The highest BCUT2D eigenvalue weighted by molar-refractivity contribution is 6.02. The molecule has 0 radical (unpaired) electrons. The third-order valence-electron chi connectivity index (χ3n) is 6.78. The van der Waals surface area contributed by atoms with Gasteiger partial charge in [0.2, 0.25) is 17.7 Å². The molecule has 0 aliphatic carbocycles. The number of anilines is 1. The van der Waals surface area contributed by atoms with Gasteiger partial charge in [0.15, 0.2) is 0 Å². The van der Waals surface area contributed by atoms with Crippen molar-refractivity contribution >= 4 is 29.4 Å². The molecule has 0 aromatic carbocycles. The molecule has 1 atom stereocenters. The minimum Gasteiger partial charge on any atom is -0.352 e. The molecule has 10 heteroatoms. The molecule has 36 heavy (non-hydrogen) atoms. The molecule has 10 nitrogen and oxygen atoms in total. The van der Waals surface area contributed by atoms with Gasteiger partial charge < -0.3 is 20.4 Å². The van der Waals surface area contributed by atoms with E-state index in [1.54, 1.807) is 48.0 Å². The molecule has 4 rings (SSSR count). The SMILES string of the molecule is Cc1ccc(NC(=O)c2cccc([C@H]3CCCN3C(=O)CCC(=O)N3CCNC(=O)C3(C)C)n2)nc1. The van der Waals surface area contributed by atoms with Crippen molar-refractivity contribution in [1.82, 2.24) is 25.1 Å². The molecule has 2 aromatic heterocycles. The number of aryl methyl sites for hydroxylation is 1. The van der Waals surface area contributed by atoms with E-state index in [0.29, 0.717) is 31.1 Å². The second-order valence-corrected chi connectivity index (χ2v) is 9.73. The lowest BCUT2D eigenvalue weighted by Gasteiger charge is -2.41. The molecule has 2 aromatic rings. The number of pyridine rings is 2. The molecular weight excluding hydrogens is 460 g/mol. The Bertz CT molecular complexity index is 1160. The average Bonchev–Trinajstić information content (AvgIpc) is 3.36. The van der Waals surface area contributed by atoms with E-state index < -0.39 is 5.54 Å². The molecule has 2 fully saturated rings. The fraction of sp³-hybridized carbons (Fsp3) is 0.462. The molecule has 2 aliphatic heterocycles. The third kappa shape index (κ3) is 5.37. The molecule has 2 saturated heterocycles. The summed E-state index contributed by atoms with van der Waals surface area (Å²) in [7, 11) is 0. The molecule has 0 bridgehead atoms. The van der Waals surface area contributed by atoms with Crippen molar-refractivity contribution in [3.05, 3.63) is 53.5 Å². The number of nitrogens with zero attached hydrogens (tertiary/aromatic N) is 4. The third-order valence-corrected chi connectivity index (χ3v) is 6.78. The zero-order chi connectivity index (χ0) is 25.9. The van der Waals surface area contributed by atoms with Gasteiger partial charge in [-0.25, -0.2) is 9.97 Å². The van der Waals surface area contributed by atoms with Crippen LogP contribution in [-0.2, 0) is 14.4 Å². The molecule has 2 aliphatic rings. The van der Waals surface area contributed by atoms with Crippen LogP contribution in [0.5, 0.6) is 0 Å². The summed E-state index contributed by atoms with van der Waals surface area (Å²) in [5.74, 6) is -0.468. The lowest BCUT2D eigenvalue weighted by atomic mass is 9.98. The number of piperazine rings is 1. The highest BCUT2D eigenvalue weighted by Gasteiger charge is 2.40. The van der Waals surface area contributed by atoms with E-state index >= 15 is 0 Å². The summed E-state index contributed by atoms with van der Waals surface area (Å²) in [5, 5.41) is 5.52. The number of nitrogens with one attached hydrogen (secondary N) is 2. The Hall–Kier alpha value is -3.82. The number of carbonyl (C=O) groups is 4. The van der Waals surface area contributed by atoms with Gasteiger partial charge in [-0.2, -0.15) is 0 Å². The zero-order valence-corrected chi connectivity index (χ0v) is 20.9. The van der Waals surface area contributed by atoms with Crippen molar-refractivity contribution in [2.24, 2.45) is 0 Å². The van der Waals surface area contributed by atoms with Crippen molar-refractivity contribution < 1.29 is 19.2 Å². The van der Waals surface area contributed by atoms with Crippen LogP contribution in [0.25, 0.3) is 0 Å². The largest absolute Gasteiger partial charge is 0.352 e. The van der Waals surface area contributed by atoms with Crippen LogP contribution in [0.15, 0.2) is 36.5 Å². The predicted molar refractivity (Wildman–Crippen MR) is 133 cm³/mol. The maximum Gasteiger partial charge on any atom is 0.275 e. The molecule has 4 heterocycles. The number of amides is 4. The summed E-state index contributed by atoms with van der Waals surface area (Å²) < 4.78 is 0. The first-order chi connectivity index (χ1) is 17.2. The van der Waals surface area contributed by atoms with Crippen LogP contribution in [0.3, 0.4) is 0 Å². The highest BCUT2D eigenvalue weighted by Crippen LogP contribution is 2.32. The first kappa shape index (κ1) is 25.3. The number of hydrogen-bond acceptors (Lipinski definition) is 6. The summed E-state index contributed by atoms with van der Waals surface area (Å²) >= 11 is 0. The fourth-order valence-corrected chi connectivity index (χ4v) is 4.69. The van der Waals surface area contributed by atoms with Gasteiger partial charge in [-0.15, -0.1) is 0 Å². The van der Waals surface area contributed by atoms with Crippen LogP contribution in [0.2, 0.25) is 0 Å². The number of likely N-dealkylation sites (tertiary alicyclic amines) is 1. The summed E-state index contributed by atoms with van der Waals surface area (Å²) in [5.41, 5.74) is 0.944. The highest BCUT2D eigenvalue weighted by atomic mass is 16.2. The van der Waals surface area contributed by atoms with E-state index in [2.05, 4.69) is 20.6 Å². The summed E-state index contributed by atoms with van der Waals surface area (Å²) in [6.45, 7) is 6.74. The standard InChI is InChI=1S/C26H32N6O4/c1-17-9-10-21(28-16-17)30-24(35)19-7-4-6-18(29-19)20-8-5-14-31(20)22(33)11-12-23(34)32-15-13-27-25(36)26(32,2)3/h4,6-7,9-10,16,20H,5,8,11-15H2,1-3H3,(H,27,36)(H,28,30,35)/t20-/m1/s1. The van der Waals surface area contributed by atoms with Gasteiger partial charge in [0, 0.05) is 38.7 Å². The number of rotatable bonds is 6. The molecule has 0 unspecified atom stereocenters. The molecular formula is C26H32N6O4. The zero-order valence-electron chi connectivity index (χ0n) is 20.9. The molecule has 190 valence electrons. The average molecular weight is 493 g/mol. The van der Waals surface area contributed by atoms with Crippen molar-refractivity contribution in [3.8, 4) is 0 Å². The summed E-state index contributed by atoms with van der Waals surface area (Å²) in [6, 6.07) is 8.54. The summed E-state index contributed by atoms with van der Waals surface area (Å²) in [6.07, 6.45) is 3.32. The Morgan fingerprint density at radius 2 is 1.89 bits per heavy atom. The minimum absolute atomic E-state index is 0.0399. The van der Waals surface area contributed by atoms with Crippen LogP contribution in [-0.4, -0.2) is 68.6 Å². The number of hydrogen-bond donors (Lipinski definition) is 2. The Morgan fingerprint density at radius 1 is 1.11 bits per heavy atom. The quantitative estimate of drug-likeness (QED) is 0.637. The van der Waals surface area contributed by atoms with Gasteiger partial charge in [-0.05, 0) is 57.4 Å². The maximum absolute atomic E-state index is 13.1. The van der Waals surface area contributed by atoms with E-state index in [0.717, 1.165) is 18.4 Å². The fourth-order valence-electron chi connectivity index (χ4n) is 4.69. The molecule has 2 N–H and O–H groups in total. The van der Waals surface area contributed by atoms with E-state index in [-0.39, 0.29) is 48.2 Å². The van der Waals surface area contributed by atoms with Crippen molar-refractivity contribution in [2.75, 3.05) is 25.0 Å². The second-order valence-electron chi connectivity index (χ2n) is 9.73. The smallest absolute Gasteiger partial charge is 0.275 e. The van der Waals surface area contributed by atoms with Gasteiger partial charge in [-0.3, -0.25) is 19.2 Å². The van der Waals surface area contributed by atoms with E-state index in [9.17, 15) is 19.2 Å². The Balaban J connectivity index is 1.39. The lowest BCUT2D eigenvalue weighted by molar-refractivity contribution is -0.150. The number of carbonyl (C=O) groups excluding carboxylic acids is 4. The van der Waals surface area contributed by atoms with Crippen LogP contribution >= 0.6 is 0 Å². The van der Waals surface area contributed by atoms with Crippen LogP contribution < -0.4 is 10.6 Å². The van der Waals surface area contributed by atoms with Gasteiger partial charge >= 0.3 is 0 Å². The van der Waals surface area contributed by atoms with Crippen molar-refractivity contribution in [2.45, 2.75) is 58.0 Å². The maximum atomic E-state index is 13.1. The molecule has 4 amide bonds. The van der Waals surface area contributed by atoms with Crippen LogP contribution in [0.4, 0.5) is 5.82 Å². The van der Waals surface area contributed by atoms with Gasteiger partial charge in [0.05, 0.1) is 11.7 Å². The predicted octanol–water partition coefficient (Wildman–Crippen LogP) is 2.22. The summed E-state index contributed by atoms with van der Waals surface area (Å²) in [4.78, 5) is 62.8. The van der Waals surface area contributed by atoms with Gasteiger partial charge in [0.25, 0.3) is 5.91 Å². The molecule has 0 spiro atoms. The normalized spacial score (nSPS) is 19.1. The lowest BCUT2D eigenvalue weighted by Crippen LogP contribution is -2.63. The Morgan fingerprint density at radius 3 is 2.64 bits per heavy atom.